The van der Waals surface area contributed by atoms with Gasteiger partial charge < -0.3 is 20.7 Å². The second-order valence-electron chi connectivity index (χ2n) is 7.26. The van der Waals surface area contributed by atoms with Crippen molar-refractivity contribution in [2.45, 2.75) is 52.7 Å². The van der Waals surface area contributed by atoms with Crippen LogP contribution in [0.15, 0.2) is 0 Å². The zero-order valence-electron chi connectivity index (χ0n) is 13.2. The predicted octanol–water partition coefficient (Wildman–Crippen LogP) is 1.10. The van der Waals surface area contributed by atoms with Gasteiger partial charge in [-0.2, -0.15) is 0 Å². The van der Waals surface area contributed by atoms with E-state index in [4.69, 9.17) is 10.5 Å². The number of nitrogens with one attached hydrogen (secondary N) is 1. The van der Waals surface area contributed by atoms with Crippen molar-refractivity contribution in [3.05, 3.63) is 0 Å². The molecule has 0 aromatic heterocycles. The highest BCUT2D eigenvalue weighted by molar-refractivity contribution is 5.79. The van der Waals surface area contributed by atoms with E-state index >= 15 is 0 Å². The van der Waals surface area contributed by atoms with Gasteiger partial charge >= 0.3 is 6.09 Å². The lowest BCUT2D eigenvalue weighted by molar-refractivity contribution is -0.128. The molecule has 0 saturated carbocycles. The molecule has 1 atom stereocenters. The molecule has 0 aliphatic carbocycles. The normalized spacial score (nSPS) is 20.2. The van der Waals surface area contributed by atoms with Crippen molar-refractivity contribution < 1.29 is 14.3 Å². The Morgan fingerprint density at radius 3 is 2.45 bits per heavy atom. The summed E-state index contributed by atoms with van der Waals surface area (Å²) in [5.74, 6) is 0.0860. The second-order valence-corrected chi connectivity index (χ2v) is 7.26. The number of hydrogen-bond donors (Lipinski definition) is 2. The summed E-state index contributed by atoms with van der Waals surface area (Å²) in [6, 6.07) is -0.0721. The average Bonchev–Trinajstić information content (AvgIpc) is 2.51. The molecular formula is C14H27N3O3. The van der Waals surface area contributed by atoms with E-state index in [1.54, 1.807) is 4.90 Å². The van der Waals surface area contributed by atoms with Crippen molar-refractivity contribution in [3.8, 4) is 0 Å². The number of alkyl carbamates (subject to hydrolysis) is 1. The van der Waals surface area contributed by atoms with Gasteiger partial charge in [-0.15, -0.1) is 0 Å². The topological polar surface area (TPSA) is 84.7 Å². The van der Waals surface area contributed by atoms with Gasteiger partial charge in [0.15, 0.2) is 0 Å². The zero-order chi connectivity index (χ0) is 15.6. The number of ether oxygens (including phenoxy) is 1. The fourth-order valence-corrected chi connectivity index (χ4v) is 2.15. The third kappa shape index (κ3) is 5.77. The first-order valence-electron chi connectivity index (χ1n) is 6.99. The Balaban J connectivity index is 2.42. The lowest BCUT2D eigenvalue weighted by Crippen LogP contribution is -2.44. The van der Waals surface area contributed by atoms with Crippen molar-refractivity contribution in [3.63, 3.8) is 0 Å². The maximum atomic E-state index is 11.7. The van der Waals surface area contributed by atoms with Crippen LogP contribution in [0.25, 0.3) is 0 Å². The summed E-state index contributed by atoms with van der Waals surface area (Å²) in [7, 11) is 0. The van der Waals surface area contributed by atoms with E-state index in [0.29, 0.717) is 26.1 Å². The summed E-state index contributed by atoms with van der Waals surface area (Å²) in [5.41, 5.74) is 5.04. The largest absolute Gasteiger partial charge is 0.444 e. The summed E-state index contributed by atoms with van der Waals surface area (Å²) < 4.78 is 5.19. The van der Waals surface area contributed by atoms with E-state index in [1.165, 1.54) is 0 Å². The standard InChI is InChI=1S/C14H27N3O3/c1-13(2,3)20-12(19)16-8-14(4,5)9-17-7-10(15)6-11(17)18/h10H,6-9,15H2,1-5H3,(H,16,19). The quantitative estimate of drug-likeness (QED) is 0.810. The molecule has 0 radical (unpaired) electrons. The highest BCUT2D eigenvalue weighted by atomic mass is 16.6. The van der Waals surface area contributed by atoms with Gasteiger partial charge in [0.25, 0.3) is 0 Å². The Kier molecular flexibility index (Phi) is 5.02. The van der Waals surface area contributed by atoms with Crippen LogP contribution in [0, 0.1) is 5.41 Å². The van der Waals surface area contributed by atoms with Crippen LogP contribution < -0.4 is 11.1 Å². The lowest BCUT2D eigenvalue weighted by atomic mass is 9.93. The van der Waals surface area contributed by atoms with Crippen molar-refractivity contribution in [2.24, 2.45) is 11.1 Å². The van der Waals surface area contributed by atoms with E-state index in [-0.39, 0.29) is 17.4 Å². The molecule has 1 saturated heterocycles. The summed E-state index contributed by atoms with van der Waals surface area (Å²) >= 11 is 0. The first kappa shape index (κ1) is 16.8. The third-order valence-corrected chi connectivity index (χ3v) is 2.97. The molecule has 6 nitrogen and oxygen atoms in total. The average molecular weight is 285 g/mol. The minimum Gasteiger partial charge on any atom is -0.444 e. The molecule has 0 aromatic rings. The predicted molar refractivity (Wildman–Crippen MR) is 77.2 cm³/mol. The van der Waals surface area contributed by atoms with Crippen LogP contribution in [0.3, 0.4) is 0 Å². The maximum Gasteiger partial charge on any atom is 0.407 e. The smallest absolute Gasteiger partial charge is 0.407 e. The first-order valence-corrected chi connectivity index (χ1v) is 6.99. The molecule has 0 bridgehead atoms. The zero-order valence-corrected chi connectivity index (χ0v) is 13.2. The summed E-state index contributed by atoms with van der Waals surface area (Å²) in [6.07, 6.45) is -0.0229. The van der Waals surface area contributed by atoms with Gasteiger partial charge in [0.05, 0.1) is 0 Å². The van der Waals surface area contributed by atoms with E-state index in [0.717, 1.165) is 0 Å². The van der Waals surface area contributed by atoms with Crippen LogP contribution in [-0.4, -0.2) is 48.2 Å². The summed E-state index contributed by atoms with van der Waals surface area (Å²) in [4.78, 5) is 25.1. The number of nitrogens with two attached hydrogens (primary N) is 1. The highest BCUT2D eigenvalue weighted by Crippen LogP contribution is 2.20. The number of carbonyl (C=O) groups excluding carboxylic acids is 2. The number of nitrogens with zero attached hydrogens (tertiary/aromatic N) is 1. The van der Waals surface area contributed by atoms with Crippen molar-refractivity contribution in [2.75, 3.05) is 19.6 Å². The van der Waals surface area contributed by atoms with E-state index < -0.39 is 11.7 Å². The SMILES string of the molecule is CC(C)(CNC(=O)OC(C)(C)C)CN1CC(N)CC1=O. The van der Waals surface area contributed by atoms with Gasteiger partial charge in [-0.25, -0.2) is 4.79 Å². The Labute approximate surface area is 121 Å². The summed E-state index contributed by atoms with van der Waals surface area (Å²) in [6.45, 7) is 11.1. The minimum atomic E-state index is -0.508. The molecular weight excluding hydrogens is 258 g/mol. The highest BCUT2D eigenvalue weighted by Gasteiger charge is 2.32. The molecule has 2 amide bonds. The molecule has 1 unspecified atom stereocenters. The molecule has 1 rings (SSSR count). The van der Waals surface area contributed by atoms with E-state index in [9.17, 15) is 9.59 Å². The molecule has 1 aliphatic heterocycles. The number of likely N-dealkylation sites (tertiary alicyclic amines) is 1. The number of hydrogen-bond acceptors (Lipinski definition) is 4. The van der Waals surface area contributed by atoms with Gasteiger partial charge in [-0.1, -0.05) is 13.8 Å². The molecule has 116 valence electrons. The Bertz CT molecular complexity index is 374. The van der Waals surface area contributed by atoms with Crippen LogP contribution >= 0.6 is 0 Å². The van der Waals surface area contributed by atoms with Gasteiger partial charge in [-0.3, -0.25) is 4.79 Å². The molecule has 0 aromatic carbocycles. The van der Waals surface area contributed by atoms with Crippen LogP contribution in [0.2, 0.25) is 0 Å². The molecule has 1 fully saturated rings. The molecule has 0 spiro atoms. The maximum absolute atomic E-state index is 11.7. The van der Waals surface area contributed by atoms with Crippen LogP contribution in [0.5, 0.6) is 0 Å². The Hall–Kier alpha value is -1.30. The Morgan fingerprint density at radius 1 is 1.40 bits per heavy atom. The fraction of sp³-hybridized carbons (Fsp3) is 0.857. The first-order chi connectivity index (χ1) is 8.98. The van der Waals surface area contributed by atoms with Gasteiger partial charge in [-0.05, 0) is 26.2 Å². The Morgan fingerprint density at radius 2 is 2.00 bits per heavy atom. The van der Waals surface area contributed by atoms with Crippen molar-refractivity contribution >= 4 is 12.0 Å². The molecule has 20 heavy (non-hydrogen) atoms. The van der Waals surface area contributed by atoms with Crippen molar-refractivity contribution in [1.82, 2.24) is 10.2 Å². The number of carbonyl (C=O) groups is 2. The molecule has 6 heteroatoms. The van der Waals surface area contributed by atoms with Crippen LogP contribution in [-0.2, 0) is 9.53 Å². The summed E-state index contributed by atoms with van der Waals surface area (Å²) in [5, 5.41) is 2.75. The lowest BCUT2D eigenvalue weighted by Gasteiger charge is -2.31. The van der Waals surface area contributed by atoms with Gasteiger partial charge in [0.2, 0.25) is 5.91 Å². The molecule has 1 heterocycles. The van der Waals surface area contributed by atoms with Gasteiger partial charge in [0.1, 0.15) is 5.60 Å². The number of amides is 2. The van der Waals surface area contributed by atoms with Crippen molar-refractivity contribution in [1.29, 1.82) is 0 Å². The van der Waals surface area contributed by atoms with E-state index in [2.05, 4.69) is 5.32 Å². The van der Waals surface area contributed by atoms with Crippen LogP contribution in [0.1, 0.15) is 41.0 Å². The number of rotatable bonds is 4. The molecule has 3 N–H and O–H groups in total. The molecule has 1 aliphatic rings. The van der Waals surface area contributed by atoms with Gasteiger partial charge in [0, 0.05) is 32.1 Å². The van der Waals surface area contributed by atoms with Crippen LogP contribution in [0.4, 0.5) is 4.79 Å². The second kappa shape index (κ2) is 5.99. The third-order valence-electron chi connectivity index (χ3n) is 2.97. The van der Waals surface area contributed by atoms with E-state index in [1.807, 2.05) is 34.6 Å². The monoisotopic (exact) mass is 285 g/mol. The minimum absolute atomic E-state index is 0.0721. The fourth-order valence-electron chi connectivity index (χ4n) is 2.15.